The topological polar surface area (TPSA) is 39.5 Å². The maximum absolute atomic E-state index is 5.31. The van der Waals surface area contributed by atoms with Crippen molar-refractivity contribution in [2.24, 2.45) is 0 Å². The number of hydrogen-bond acceptors (Lipinski definition) is 4. The molecular formula is C17H26IN3O2. The highest BCUT2D eigenvalue weighted by Gasteiger charge is 2.71. The van der Waals surface area contributed by atoms with Crippen molar-refractivity contribution in [1.82, 2.24) is 14.5 Å². The van der Waals surface area contributed by atoms with Gasteiger partial charge in [-0.3, -0.25) is 4.90 Å². The Morgan fingerprint density at radius 1 is 1.22 bits per heavy atom. The van der Waals surface area contributed by atoms with Crippen LogP contribution < -0.4 is 0 Å². The molecule has 6 heteroatoms. The van der Waals surface area contributed by atoms with Crippen LogP contribution in [0.1, 0.15) is 43.8 Å². The van der Waals surface area contributed by atoms with Gasteiger partial charge in [0, 0.05) is 45.0 Å². The minimum atomic E-state index is 0.354. The van der Waals surface area contributed by atoms with E-state index in [2.05, 4.69) is 38.3 Å². The molecule has 1 aromatic rings. The summed E-state index contributed by atoms with van der Waals surface area (Å²) >= 11 is 2.36. The van der Waals surface area contributed by atoms with E-state index in [-0.39, 0.29) is 0 Å². The number of ether oxygens (including phenoxy) is 2. The summed E-state index contributed by atoms with van der Waals surface area (Å²) in [6.07, 6.45) is 8.72. The Morgan fingerprint density at radius 3 is 2.35 bits per heavy atom. The molecule has 5 nitrogen and oxygen atoms in total. The first kappa shape index (κ1) is 16.3. The summed E-state index contributed by atoms with van der Waals surface area (Å²) in [4.78, 5) is 7.41. The van der Waals surface area contributed by atoms with Gasteiger partial charge >= 0.3 is 0 Å². The lowest BCUT2D eigenvalue weighted by Crippen LogP contribution is -2.79. The van der Waals surface area contributed by atoms with Crippen LogP contribution in [0.3, 0.4) is 0 Å². The molecule has 0 radical (unpaired) electrons. The van der Waals surface area contributed by atoms with Gasteiger partial charge in [-0.2, -0.15) is 0 Å². The van der Waals surface area contributed by atoms with Crippen molar-refractivity contribution in [3.63, 3.8) is 0 Å². The molecule has 0 atom stereocenters. The molecule has 4 fully saturated rings. The van der Waals surface area contributed by atoms with E-state index in [4.69, 9.17) is 14.5 Å². The van der Waals surface area contributed by atoms with Crippen LogP contribution in [-0.2, 0) is 15.0 Å². The Hall–Kier alpha value is -0.180. The van der Waals surface area contributed by atoms with Crippen LogP contribution in [0, 0.1) is 3.70 Å². The molecule has 4 aliphatic rings. The van der Waals surface area contributed by atoms with Crippen molar-refractivity contribution < 1.29 is 9.47 Å². The lowest BCUT2D eigenvalue weighted by Gasteiger charge is -2.74. The summed E-state index contributed by atoms with van der Waals surface area (Å²) in [6, 6.07) is 0. The third-order valence-corrected chi connectivity index (χ3v) is 6.45. The zero-order valence-electron chi connectivity index (χ0n) is 14.1. The van der Waals surface area contributed by atoms with Crippen molar-refractivity contribution in [2.45, 2.75) is 49.1 Å². The van der Waals surface area contributed by atoms with E-state index in [1.54, 1.807) is 14.2 Å². The fraction of sp³-hybridized carbons (Fsp3) is 0.824. The van der Waals surface area contributed by atoms with Gasteiger partial charge in [-0.15, -0.1) is 0 Å². The maximum atomic E-state index is 5.31. The Balaban J connectivity index is 1.46. The first-order valence-corrected chi connectivity index (χ1v) is 9.69. The van der Waals surface area contributed by atoms with Crippen molar-refractivity contribution in [3.05, 3.63) is 15.7 Å². The van der Waals surface area contributed by atoms with E-state index in [0.717, 1.165) is 35.9 Å². The molecule has 2 bridgehead atoms. The van der Waals surface area contributed by atoms with Crippen LogP contribution in [0.25, 0.3) is 0 Å². The molecule has 0 N–H and O–H groups in total. The summed E-state index contributed by atoms with van der Waals surface area (Å²) in [5, 5.41) is 0. The molecule has 23 heavy (non-hydrogen) atoms. The quantitative estimate of drug-likeness (QED) is 0.564. The SMILES string of the molecule is COCCN(CCOC)C12CC(n3cc(I)nc3C3CC3)(C1)C2. The van der Waals surface area contributed by atoms with E-state index >= 15 is 0 Å². The van der Waals surface area contributed by atoms with E-state index < -0.39 is 0 Å². The normalized spacial score (nSPS) is 32.0. The maximum Gasteiger partial charge on any atom is 0.119 e. The second kappa shape index (κ2) is 5.97. The molecule has 4 aliphatic carbocycles. The molecule has 0 amide bonds. The van der Waals surface area contributed by atoms with Crippen LogP contribution in [-0.4, -0.2) is 60.5 Å². The van der Waals surface area contributed by atoms with Gasteiger partial charge in [0.1, 0.15) is 9.53 Å². The van der Waals surface area contributed by atoms with Crippen molar-refractivity contribution in [1.29, 1.82) is 0 Å². The third-order valence-electron chi connectivity index (χ3n) is 5.93. The van der Waals surface area contributed by atoms with Gasteiger partial charge in [0.05, 0.1) is 18.8 Å². The number of hydrogen-bond donors (Lipinski definition) is 0. The van der Waals surface area contributed by atoms with Gasteiger partial charge in [-0.1, -0.05) is 0 Å². The number of nitrogens with zero attached hydrogens (tertiary/aromatic N) is 3. The lowest BCUT2D eigenvalue weighted by molar-refractivity contribution is -0.211. The van der Waals surface area contributed by atoms with Crippen LogP contribution in [0.2, 0.25) is 0 Å². The van der Waals surface area contributed by atoms with E-state index in [9.17, 15) is 0 Å². The van der Waals surface area contributed by atoms with Crippen LogP contribution in [0.5, 0.6) is 0 Å². The molecule has 0 spiro atoms. The number of aromatic nitrogens is 2. The highest BCUT2D eigenvalue weighted by Crippen LogP contribution is 2.68. The highest BCUT2D eigenvalue weighted by molar-refractivity contribution is 14.1. The predicted octanol–water partition coefficient (Wildman–Crippen LogP) is 2.59. The largest absolute Gasteiger partial charge is 0.383 e. The molecule has 1 heterocycles. The van der Waals surface area contributed by atoms with Gasteiger partial charge in [0.15, 0.2) is 0 Å². The summed E-state index contributed by atoms with van der Waals surface area (Å²) < 4.78 is 14.3. The van der Waals surface area contributed by atoms with Gasteiger partial charge in [-0.05, 0) is 54.7 Å². The lowest BCUT2D eigenvalue weighted by atomic mass is 9.43. The number of methoxy groups -OCH3 is 2. The highest BCUT2D eigenvalue weighted by atomic mass is 127. The van der Waals surface area contributed by atoms with Gasteiger partial charge in [-0.25, -0.2) is 4.98 Å². The first-order valence-electron chi connectivity index (χ1n) is 8.61. The fourth-order valence-electron chi connectivity index (χ4n) is 4.64. The molecule has 0 saturated heterocycles. The molecule has 0 aromatic carbocycles. The van der Waals surface area contributed by atoms with Crippen molar-refractivity contribution >= 4 is 22.6 Å². The molecule has 128 valence electrons. The summed E-state index contributed by atoms with van der Waals surface area (Å²) in [7, 11) is 3.57. The summed E-state index contributed by atoms with van der Waals surface area (Å²) in [5.41, 5.74) is 0.736. The molecular weight excluding hydrogens is 405 g/mol. The Kier molecular flexibility index (Phi) is 4.23. The minimum absolute atomic E-state index is 0.354. The predicted molar refractivity (Wildman–Crippen MR) is 96.8 cm³/mol. The Labute approximate surface area is 151 Å². The minimum Gasteiger partial charge on any atom is -0.383 e. The molecule has 5 rings (SSSR count). The van der Waals surface area contributed by atoms with Crippen molar-refractivity contribution in [3.8, 4) is 0 Å². The monoisotopic (exact) mass is 431 g/mol. The Morgan fingerprint density at radius 2 is 1.83 bits per heavy atom. The Bertz CT molecular complexity index is 557. The van der Waals surface area contributed by atoms with Crippen LogP contribution in [0.15, 0.2) is 6.20 Å². The van der Waals surface area contributed by atoms with E-state index in [1.807, 2.05) is 0 Å². The van der Waals surface area contributed by atoms with Crippen molar-refractivity contribution in [2.75, 3.05) is 40.5 Å². The zero-order valence-corrected chi connectivity index (χ0v) is 16.2. The number of rotatable bonds is 9. The molecule has 0 aliphatic heterocycles. The smallest absolute Gasteiger partial charge is 0.119 e. The van der Waals surface area contributed by atoms with Gasteiger partial charge in [0.2, 0.25) is 0 Å². The standard InChI is InChI=1S/C17H26IN3O2/c1-22-7-5-20(6-8-23-2)16-10-17(11-16,12-16)21-9-14(18)19-15(21)13-3-4-13/h9,13H,3-8,10-12H2,1-2H3. The van der Waals surface area contributed by atoms with Crippen LogP contribution in [0.4, 0.5) is 0 Å². The van der Waals surface area contributed by atoms with Crippen LogP contribution >= 0.6 is 22.6 Å². The average Bonchev–Trinajstić information content (AvgIpc) is 3.22. The number of imidazole rings is 1. The molecule has 4 saturated carbocycles. The molecule has 0 unspecified atom stereocenters. The first-order chi connectivity index (χ1) is 11.1. The summed E-state index contributed by atoms with van der Waals surface area (Å²) in [6.45, 7) is 3.61. The van der Waals surface area contributed by atoms with E-state index in [0.29, 0.717) is 11.1 Å². The molecule has 1 aromatic heterocycles. The third kappa shape index (κ3) is 2.65. The fourth-order valence-corrected chi connectivity index (χ4v) is 5.16. The average molecular weight is 431 g/mol. The summed E-state index contributed by atoms with van der Waals surface area (Å²) in [5.74, 6) is 2.07. The van der Waals surface area contributed by atoms with Gasteiger partial charge < -0.3 is 14.0 Å². The van der Waals surface area contributed by atoms with E-state index in [1.165, 1.54) is 37.9 Å². The zero-order chi connectivity index (χ0) is 16.1. The second-order valence-corrected chi connectivity index (χ2v) is 8.62. The number of halogens is 1. The van der Waals surface area contributed by atoms with Gasteiger partial charge in [0.25, 0.3) is 0 Å². The second-order valence-electron chi connectivity index (χ2n) is 7.52.